The Labute approximate surface area is 163 Å². The molecule has 148 valence electrons. The Balaban J connectivity index is 2.03. The third kappa shape index (κ3) is 4.88. The molecule has 7 heteroatoms. The maximum Gasteiger partial charge on any atom is 0.334 e. The van der Waals surface area contributed by atoms with E-state index in [-0.39, 0.29) is 13.0 Å². The van der Waals surface area contributed by atoms with E-state index in [4.69, 9.17) is 4.74 Å². The van der Waals surface area contributed by atoms with Crippen molar-refractivity contribution < 1.29 is 24.2 Å². The van der Waals surface area contributed by atoms with Crippen molar-refractivity contribution in [3.8, 4) is 5.75 Å². The number of benzene rings is 2. The van der Waals surface area contributed by atoms with Crippen LogP contribution >= 0.6 is 0 Å². The zero-order chi connectivity index (χ0) is 20.6. The average Bonchev–Trinajstić information content (AvgIpc) is 2.71. The van der Waals surface area contributed by atoms with Gasteiger partial charge in [-0.15, -0.1) is 0 Å². The number of amides is 2. The maximum atomic E-state index is 12.4. The molecule has 1 atom stereocenters. The molecule has 7 nitrogen and oxygen atoms in total. The van der Waals surface area contributed by atoms with E-state index < -0.39 is 23.3 Å². The van der Waals surface area contributed by atoms with E-state index in [0.717, 1.165) is 0 Å². The summed E-state index contributed by atoms with van der Waals surface area (Å²) in [7, 11) is 0. The minimum atomic E-state index is -1.55. The molecule has 0 bridgehead atoms. The zero-order valence-corrected chi connectivity index (χ0v) is 15.9. The number of carbonyl (C=O) groups excluding carboxylic acids is 2. The standard InChI is InChI=1S/C21H24N2O5/c1-3-21(20(26)27,16-8-6-5-7-9-16)23-18(24)14-22-19(25)15-10-12-17(13-11-15)28-4-2/h5-13H,3-4,14H2,1-2H3,(H,22,25)(H,23,24)(H,26,27). The number of carboxylic acid groups (broad SMARTS) is 1. The molecule has 0 heterocycles. The summed E-state index contributed by atoms with van der Waals surface area (Å²) in [6, 6.07) is 15.0. The van der Waals surface area contributed by atoms with Crippen molar-refractivity contribution in [3.05, 3.63) is 65.7 Å². The quantitative estimate of drug-likeness (QED) is 0.615. The van der Waals surface area contributed by atoms with Crippen molar-refractivity contribution in [1.29, 1.82) is 0 Å². The molecule has 2 amide bonds. The third-order valence-electron chi connectivity index (χ3n) is 4.35. The summed E-state index contributed by atoms with van der Waals surface area (Å²) in [6.45, 7) is 3.73. The Morgan fingerprint density at radius 1 is 1.00 bits per heavy atom. The highest BCUT2D eigenvalue weighted by molar-refractivity contribution is 5.97. The summed E-state index contributed by atoms with van der Waals surface area (Å²) >= 11 is 0. The lowest BCUT2D eigenvalue weighted by atomic mass is 9.87. The maximum absolute atomic E-state index is 12.4. The van der Waals surface area contributed by atoms with Crippen LogP contribution in [-0.2, 0) is 15.1 Å². The van der Waals surface area contributed by atoms with Crippen LogP contribution in [0.2, 0.25) is 0 Å². The zero-order valence-electron chi connectivity index (χ0n) is 15.9. The topological polar surface area (TPSA) is 105 Å². The highest BCUT2D eigenvalue weighted by Gasteiger charge is 2.40. The fourth-order valence-corrected chi connectivity index (χ4v) is 2.83. The molecule has 0 aliphatic heterocycles. The number of carboxylic acids is 1. The highest BCUT2D eigenvalue weighted by atomic mass is 16.5. The molecule has 0 fully saturated rings. The molecular weight excluding hydrogens is 360 g/mol. The number of rotatable bonds is 9. The largest absolute Gasteiger partial charge is 0.494 e. The van der Waals surface area contributed by atoms with Gasteiger partial charge in [0.2, 0.25) is 5.91 Å². The summed E-state index contributed by atoms with van der Waals surface area (Å²) in [5, 5.41) is 14.8. The smallest absolute Gasteiger partial charge is 0.334 e. The van der Waals surface area contributed by atoms with Gasteiger partial charge in [-0.3, -0.25) is 9.59 Å². The molecule has 1 unspecified atom stereocenters. The summed E-state index contributed by atoms with van der Waals surface area (Å²) in [6.07, 6.45) is 0.158. The van der Waals surface area contributed by atoms with Gasteiger partial charge in [-0.1, -0.05) is 37.3 Å². The van der Waals surface area contributed by atoms with E-state index in [1.807, 2.05) is 6.92 Å². The lowest BCUT2D eigenvalue weighted by Gasteiger charge is -2.30. The van der Waals surface area contributed by atoms with Crippen LogP contribution in [0.5, 0.6) is 5.75 Å². The fraction of sp³-hybridized carbons (Fsp3) is 0.286. The molecular formula is C21H24N2O5. The van der Waals surface area contributed by atoms with Gasteiger partial charge >= 0.3 is 5.97 Å². The molecule has 0 aliphatic carbocycles. The lowest BCUT2D eigenvalue weighted by molar-refractivity contribution is -0.148. The fourth-order valence-electron chi connectivity index (χ4n) is 2.83. The highest BCUT2D eigenvalue weighted by Crippen LogP contribution is 2.25. The molecule has 0 aromatic heterocycles. The van der Waals surface area contributed by atoms with Crippen LogP contribution in [0, 0.1) is 0 Å². The van der Waals surface area contributed by atoms with E-state index in [0.29, 0.717) is 23.5 Å². The van der Waals surface area contributed by atoms with Crippen molar-refractivity contribution in [1.82, 2.24) is 10.6 Å². The molecule has 0 saturated carbocycles. The molecule has 3 N–H and O–H groups in total. The molecule has 2 aromatic carbocycles. The minimum absolute atomic E-state index is 0.158. The summed E-state index contributed by atoms with van der Waals surface area (Å²) < 4.78 is 5.32. The minimum Gasteiger partial charge on any atom is -0.494 e. The van der Waals surface area contributed by atoms with Crippen LogP contribution in [0.1, 0.15) is 36.2 Å². The first-order valence-corrected chi connectivity index (χ1v) is 9.04. The number of hydrogen-bond donors (Lipinski definition) is 3. The first-order chi connectivity index (χ1) is 13.4. The van der Waals surface area contributed by atoms with Gasteiger partial charge < -0.3 is 20.5 Å². The van der Waals surface area contributed by atoms with E-state index in [2.05, 4.69) is 10.6 Å². The van der Waals surface area contributed by atoms with Crippen LogP contribution in [0.15, 0.2) is 54.6 Å². The Bertz CT molecular complexity index is 820. The number of ether oxygens (including phenoxy) is 1. The lowest BCUT2D eigenvalue weighted by Crippen LogP contribution is -2.53. The van der Waals surface area contributed by atoms with Gasteiger partial charge in [-0.25, -0.2) is 4.79 Å². The monoisotopic (exact) mass is 384 g/mol. The second-order valence-corrected chi connectivity index (χ2v) is 6.12. The van der Waals surface area contributed by atoms with E-state index in [1.165, 1.54) is 0 Å². The van der Waals surface area contributed by atoms with Gasteiger partial charge in [-0.05, 0) is 43.2 Å². The molecule has 0 spiro atoms. The Hall–Kier alpha value is -3.35. The van der Waals surface area contributed by atoms with Gasteiger partial charge in [0.15, 0.2) is 5.54 Å². The van der Waals surface area contributed by atoms with Crippen LogP contribution < -0.4 is 15.4 Å². The Kier molecular flexibility index (Phi) is 7.14. The average molecular weight is 384 g/mol. The first kappa shape index (κ1) is 21.0. The predicted octanol–water partition coefficient (Wildman–Crippen LogP) is 2.32. The SMILES string of the molecule is CCOc1ccc(C(=O)NCC(=O)NC(CC)(C(=O)O)c2ccccc2)cc1. The summed E-state index contributed by atoms with van der Waals surface area (Å²) in [5.41, 5.74) is -0.710. The molecule has 2 rings (SSSR count). The van der Waals surface area contributed by atoms with Gasteiger partial charge in [0.1, 0.15) is 5.75 Å². The normalized spacial score (nSPS) is 12.5. The van der Waals surface area contributed by atoms with Crippen LogP contribution in [-0.4, -0.2) is 36.0 Å². The van der Waals surface area contributed by atoms with Crippen LogP contribution in [0.3, 0.4) is 0 Å². The van der Waals surface area contributed by atoms with Crippen molar-refractivity contribution >= 4 is 17.8 Å². The third-order valence-corrected chi connectivity index (χ3v) is 4.35. The van der Waals surface area contributed by atoms with Crippen LogP contribution in [0.4, 0.5) is 0 Å². The molecule has 2 aromatic rings. The predicted molar refractivity (Wildman–Crippen MR) is 104 cm³/mol. The van der Waals surface area contributed by atoms with E-state index in [9.17, 15) is 19.5 Å². The molecule has 0 radical (unpaired) electrons. The van der Waals surface area contributed by atoms with E-state index >= 15 is 0 Å². The van der Waals surface area contributed by atoms with Crippen molar-refractivity contribution in [2.75, 3.05) is 13.2 Å². The summed E-state index contributed by atoms with van der Waals surface area (Å²) in [4.78, 5) is 36.5. The molecule has 0 aliphatic rings. The van der Waals surface area contributed by atoms with Crippen molar-refractivity contribution in [2.45, 2.75) is 25.8 Å². The molecule has 28 heavy (non-hydrogen) atoms. The van der Waals surface area contributed by atoms with Gasteiger partial charge in [0.05, 0.1) is 13.2 Å². The number of hydrogen-bond acceptors (Lipinski definition) is 4. The van der Waals surface area contributed by atoms with Gasteiger partial charge in [-0.2, -0.15) is 0 Å². The number of carbonyl (C=O) groups is 3. The summed E-state index contributed by atoms with van der Waals surface area (Å²) in [5.74, 6) is -1.54. The Morgan fingerprint density at radius 3 is 2.18 bits per heavy atom. The number of nitrogens with one attached hydrogen (secondary N) is 2. The molecule has 0 saturated heterocycles. The Morgan fingerprint density at radius 2 is 1.64 bits per heavy atom. The van der Waals surface area contributed by atoms with Crippen molar-refractivity contribution in [3.63, 3.8) is 0 Å². The van der Waals surface area contributed by atoms with Gasteiger partial charge in [0.25, 0.3) is 5.91 Å². The van der Waals surface area contributed by atoms with Gasteiger partial charge in [0, 0.05) is 5.56 Å². The van der Waals surface area contributed by atoms with E-state index in [1.54, 1.807) is 61.5 Å². The van der Waals surface area contributed by atoms with Crippen LogP contribution in [0.25, 0.3) is 0 Å². The second-order valence-electron chi connectivity index (χ2n) is 6.12. The second kappa shape index (κ2) is 9.55. The first-order valence-electron chi connectivity index (χ1n) is 9.04. The van der Waals surface area contributed by atoms with Crippen molar-refractivity contribution in [2.24, 2.45) is 0 Å². The number of aliphatic carboxylic acids is 1.